The molecule has 0 N–H and O–H groups in total. The van der Waals surface area contributed by atoms with Gasteiger partial charge in [0.2, 0.25) is 0 Å². The number of hydrogen-bond acceptors (Lipinski definition) is 0. The van der Waals surface area contributed by atoms with Crippen molar-refractivity contribution in [2.75, 3.05) is 0 Å². The molecule has 1 atom stereocenters. The molecule has 1 unspecified atom stereocenters. The minimum atomic E-state index is -1.33. The summed E-state index contributed by atoms with van der Waals surface area (Å²) in [4.78, 5) is 0. The minimum Gasteiger partial charge on any atom is -0.238 e. The summed E-state index contributed by atoms with van der Waals surface area (Å²) in [5.74, 6) is 0. The molecule has 0 amide bonds. The van der Waals surface area contributed by atoms with Crippen LogP contribution in [0.1, 0.15) is 20.3 Å². The Hall–Kier alpha value is -0.300. The van der Waals surface area contributed by atoms with Gasteiger partial charge in [-0.2, -0.15) is 0 Å². The standard InChI is InChI=1S/C8H10ClF/c1-6-3-4-7(9)8(2,10)5-6/h3-4H,5H2,1-2H3. The Morgan fingerprint density at radius 2 is 2.20 bits per heavy atom. The molecule has 0 bridgehead atoms. The molecule has 0 aromatic carbocycles. The van der Waals surface area contributed by atoms with Crippen LogP contribution < -0.4 is 0 Å². The highest BCUT2D eigenvalue weighted by Gasteiger charge is 2.29. The normalized spacial score (nSPS) is 33.2. The zero-order valence-electron chi connectivity index (χ0n) is 6.12. The van der Waals surface area contributed by atoms with Crippen LogP contribution in [0.15, 0.2) is 22.8 Å². The Bertz CT molecular complexity index is 201. The molecule has 0 saturated carbocycles. The van der Waals surface area contributed by atoms with Gasteiger partial charge in [-0.3, -0.25) is 0 Å². The lowest BCUT2D eigenvalue weighted by Crippen LogP contribution is -2.20. The molecule has 0 aromatic heterocycles. The topological polar surface area (TPSA) is 0 Å². The maximum absolute atomic E-state index is 13.3. The molecule has 1 aliphatic carbocycles. The maximum Gasteiger partial charge on any atom is 0.147 e. The zero-order valence-corrected chi connectivity index (χ0v) is 6.87. The summed E-state index contributed by atoms with van der Waals surface area (Å²) in [6, 6.07) is 0. The van der Waals surface area contributed by atoms with Crippen molar-refractivity contribution in [3.8, 4) is 0 Å². The summed E-state index contributed by atoms with van der Waals surface area (Å²) >= 11 is 5.62. The van der Waals surface area contributed by atoms with Crippen molar-refractivity contribution in [2.45, 2.75) is 25.9 Å². The lowest BCUT2D eigenvalue weighted by Gasteiger charge is -2.22. The van der Waals surface area contributed by atoms with E-state index in [9.17, 15) is 4.39 Å². The second kappa shape index (κ2) is 2.39. The van der Waals surface area contributed by atoms with Crippen molar-refractivity contribution in [3.63, 3.8) is 0 Å². The van der Waals surface area contributed by atoms with Crippen molar-refractivity contribution in [3.05, 3.63) is 22.8 Å². The van der Waals surface area contributed by atoms with Crippen molar-refractivity contribution in [1.29, 1.82) is 0 Å². The van der Waals surface area contributed by atoms with Crippen LogP contribution in [0.2, 0.25) is 0 Å². The van der Waals surface area contributed by atoms with Gasteiger partial charge in [0.05, 0.1) is 5.03 Å². The Morgan fingerprint density at radius 1 is 1.60 bits per heavy atom. The molecule has 0 nitrogen and oxygen atoms in total. The third kappa shape index (κ3) is 1.40. The molecule has 2 heteroatoms. The second-order valence-corrected chi connectivity index (χ2v) is 3.31. The van der Waals surface area contributed by atoms with Gasteiger partial charge in [0.1, 0.15) is 5.67 Å². The molecule has 56 valence electrons. The fraction of sp³-hybridized carbons (Fsp3) is 0.500. The number of alkyl halides is 1. The molecule has 1 aliphatic rings. The van der Waals surface area contributed by atoms with Gasteiger partial charge < -0.3 is 0 Å². The van der Waals surface area contributed by atoms with Crippen LogP contribution in [0.4, 0.5) is 4.39 Å². The molecule has 0 spiro atoms. The summed E-state index contributed by atoms with van der Waals surface area (Å²) in [5, 5.41) is 0.304. The van der Waals surface area contributed by atoms with E-state index in [1.807, 2.05) is 13.0 Å². The van der Waals surface area contributed by atoms with E-state index in [4.69, 9.17) is 11.6 Å². The zero-order chi connectivity index (χ0) is 7.78. The first-order valence-electron chi connectivity index (χ1n) is 3.25. The highest BCUT2D eigenvalue weighted by molar-refractivity contribution is 6.30. The van der Waals surface area contributed by atoms with Crippen LogP contribution in [-0.4, -0.2) is 5.67 Å². The van der Waals surface area contributed by atoms with Gasteiger partial charge in [-0.1, -0.05) is 23.3 Å². The summed E-state index contributed by atoms with van der Waals surface area (Å²) < 4.78 is 13.3. The smallest absolute Gasteiger partial charge is 0.147 e. The number of hydrogen-bond donors (Lipinski definition) is 0. The van der Waals surface area contributed by atoms with Gasteiger partial charge >= 0.3 is 0 Å². The largest absolute Gasteiger partial charge is 0.238 e. The fourth-order valence-corrected chi connectivity index (χ4v) is 1.19. The summed E-state index contributed by atoms with van der Waals surface area (Å²) in [7, 11) is 0. The van der Waals surface area contributed by atoms with Crippen LogP contribution >= 0.6 is 11.6 Å². The Kier molecular flexibility index (Phi) is 1.86. The van der Waals surface area contributed by atoms with Crippen LogP contribution in [0.25, 0.3) is 0 Å². The average Bonchev–Trinajstić information content (AvgIpc) is 1.78. The molecular weight excluding hydrogens is 151 g/mol. The van der Waals surface area contributed by atoms with Crippen molar-refractivity contribution < 1.29 is 4.39 Å². The van der Waals surface area contributed by atoms with Gasteiger partial charge in [0.25, 0.3) is 0 Å². The predicted molar refractivity (Wildman–Crippen MR) is 41.8 cm³/mol. The molecule has 1 rings (SSSR count). The summed E-state index contributed by atoms with van der Waals surface area (Å²) in [6.45, 7) is 3.40. The molecule has 0 fully saturated rings. The van der Waals surface area contributed by atoms with E-state index in [-0.39, 0.29) is 0 Å². The Morgan fingerprint density at radius 3 is 2.60 bits per heavy atom. The lowest BCUT2D eigenvalue weighted by molar-refractivity contribution is 0.247. The van der Waals surface area contributed by atoms with E-state index in [1.165, 1.54) is 6.92 Å². The van der Waals surface area contributed by atoms with Gasteiger partial charge in [-0.15, -0.1) is 0 Å². The first-order valence-corrected chi connectivity index (χ1v) is 3.62. The van der Waals surface area contributed by atoms with Gasteiger partial charge in [0, 0.05) is 6.42 Å². The minimum absolute atomic E-state index is 0.304. The SMILES string of the molecule is CC1=CC=C(Cl)C(C)(F)C1. The monoisotopic (exact) mass is 160 g/mol. The first-order chi connectivity index (χ1) is 4.52. The van der Waals surface area contributed by atoms with E-state index >= 15 is 0 Å². The second-order valence-electron chi connectivity index (χ2n) is 2.90. The van der Waals surface area contributed by atoms with Gasteiger partial charge in [-0.05, 0) is 19.9 Å². The third-order valence-corrected chi connectivity index (χ3v) is 2.14. The number of rotatable bonds is 0. The van der Waals surface area contributed by atoms with E-state index in [0.29, 0.717) is 11.5 Å². The molecule has 10 heavy (non-hydrogen) atoms. The molecule has 0 heterocycles. The fourth-order valence-electron chi connectivity index (χ4n) is 1.06. The molecule has 0 radical (unpaired) electrons. The quantitative estimate of drug-likeness (QED) is 0.511. The third-order valence-electron chi connectivity index (χ3n) is 1.62. The highest BCUT2D eigenvalue weighted by atomic mass is 35.5. The van der Waals surface area contributed by atoms with Crippen LogP contribution in [0, 0.1) is 0 Å². The van der Waals surface area contributed by atoms with E-state index in [0.717, 1.165) is 5.57 Å². The summed E-state index contributed by atoms with van der Waals surface area (Å²) in [5.41, 5.74) is -0.296. The van der Waals surface area contributed by atoms with E-state index in [1.54, 1.807) is 6.08 Å². The van der Waals surface area contributed by atoms with Crippen molar-refractivity contribution >= 4 is 11.6 Å². The highest BCUT2D eigenvalue weighted by Crippen LogP contribution is 2.34. The van der Waals surface area contributed by atoms with Crippen molar-refractivity contribution in [1.82, 2.24) is 0 Å². The first kappa shape index (κ1) is 7.80. The van der Waals surface area contributed by atoms with E-state index < -0.39 is 5.67 Å². The predicted octanol–water partition coefficient (Wildman–Crippen LogP) is 3.19. The maximum atomic E-state index is 13.3. The molecule has 0 saturated heterocycles. The molecule has 0 aliphatic heterocycles. The van der Waals surface area contributed by atoms with Crippen molar-refractivity contribution in [2.24, 2.45) is 0 Å². The van der Waals surface area contributed by atoms with E-state index in [2.05, 4.69) is 0 Å². The Labute approximate surface area is 65.4 Å². The average molecular weight is 161 g/mol. The van der Waals surface area contributed by atoms with Crippen LogP contribution in [0.3, 0.4) is 0 Å². The van der Waals surface area contributed by atoms with Crippen LogP contribution in [0.5, 0.6) is 0 Å². The number of halogens is 2. The van der Waals surface area contributed by atoms with Gasteiger partial charge in [0.15, 0.2) is 0 Å². The lowest BCUT2D eigenvalue weighted by atomic mass is 9.94. The molecule has 0 aromatic rings. The van der Waals surface area contributed by atoms with Gasteiger partial charge in [-0.25, -0.2) is 4.39 Å². The molecular formula is C8H10ClF. The Balaban J connectivity index is 2.89. The number of allylic oxidation sites excluding steroid dienone is 4. The summed E-state index contributed by atoms with van der Waals surface area (Å²) in [6.07, 6.45) is 3.90. The van der Waals surface area contributed by atoms with Crippen LogP contribution in [-0.2, 0) is 0 Å².